The van der Waals surface area contributed by atoms with Gasteiger partial charge in [0.1, 0.15) is 11.6 Å². The number of hydrogen-bond acceptors (Lipinski definition) is 3. The Labute approximate surface area is 177 Å². The predicted octanol–water partition coefficient (Wildman–Crippen LogP) is 3.85. The lowest BCUT2D eigenvalue weighted by atomic mass is 9.88. The molecule has 0 bridgehead atoms. The van der Waals surface area contributed by atoms with Crippen LogP contribution in [0.2, 0.25) is 0 Å². The zero-order valence-electron chi connectivity index (χ0n) is 17.7. The van der Waals surface area contributed by atoms with E-state index in [1.807, 2.05) is 6.07 Å². The minimum atomic E-state index is -0.423. The summed E-state index contributed by atoms with van der Waals surface area (Å²) in [6.45, 7) is 5.46. The van der Waals surface area contributed by atoms with Crippen LogP contribution in [0, 0.1) is 17.7 Å². The average Bonchev–Trinajstić information content (AvgIpc) is 3.18. The van der Waals surface area contributed by atoms with E-state index >= 15 is 0 Å². The van der Waals surface area contributed by atoms with E-state index in [-0.39, 0.29) is 23.5 Å². The molecule has 6 heteroatoms. The van der Waals surface area contributed by atoms with Gasteiger partial charge in [0.2, 0.25) is 5.91 Å². The topological polar surface area (TPSA) is 58.6 Å². The second-order valence-electron chi connectivity index (χ2n) is 8.18. The van der Waals surface area contributed by atoms with Crippen LogP contribution in [0.15, 0.2) is 48.5 Å². The van der Waals surface area contributed by atoms with Crippen LogP contribution in [0.25, 0.3) is 0 Å². The lowest BCUT2D eigenvalue weighted by Crippen LogP contribution is -2.36. The molecular formula is C24H29FN2O3. The van der Waals surface area contributed by atoms with Crippen LogP contribution in [0.5, 0.6) is 5.75 Å². The molecule has 5 nitrogen and oxygen atoms in total. The fraction of sp³-hybridized carbons (Fsp3) is 0.417. The molecule has 2 amide bonds. The highest BCUT2D eigenvalue weighted by Crippen LogP contribution is 2.34. The zero-order chi connectivity index (χ0) is 21.7. The van der Waals surface area contributed by atoms with Gasteiger partial charge in [0.25, 0.3) is 5.91 Å². The van der Waals surface area contributed by atoms with Crippen molar-refractivity contribution in [2.75, 3.05) is 26.7 Å². The molecule has 0 aromatic heterocycles. The maximum absolute atomic E-state index is 13.8. The number of benzene rings is 2. The fourth-order valence-electron chi connectivity index (χ4n) is 3.86. The molecule has 0 spiro atoms. The first-order valence-corrected chi connectivity index (χ1v) is 10.4. The summed E-state index contributed by atoms with van der Waals surface area (Å²) in [5.74, 6) is -0.186. The second kappa shape index (κ2) is 9.74. The van der Waals surface area contributed by atoms with Crippen molar-refractivity contribution in [2.45, 2.75) is 26.2 Å². The minimum Gasteiger partial charge on any atom is -0.497 e. The van der Waals surface area contributed by atoms with Crippen LogP contribution >= 0.6 is 0 Å². The molecule has 1 N–H and O–H groups in total. The number of ether oxygens (including phenoxy) is 1. The molecule has 2 aromatic rings. The predicted molar refractivity (Wildman–Crippen MR) is 114 cm³/mol. The van der Waals surface area contributed by atoms with Crippen LogP contribution < -0.4 is 10.1 Å². The average molecular weight is 413 g/mol. The monoisotopic (exact) mass is 412 g/mol. The number of hydrogen-bond donors (Lipinski definition) is 1. The molecule has 0 aliphatic carbocycles. The maximum Gasteiger partial charge on any atom is 0.254 e. The van der Waals surface area contributed by atoms with E-state index in [2.05, 4.69) is 19.2 Å². The molecule has 1 aliphatic heterocycles. The van der Waals surface area contributed by atoms with Crippen molar-refractivity contribution in [3.05, 3.63) is 65.5 Å². The van der Waals surface area contributed by atoms with Crippen LogP contribution in [-0.4, -0.2) is 43.5 Å². The number of carbonyl (C=O) groups excluding carboxylic acids is 2. The van der Waals surface area contributed by atoms with Gasteiger partial charge in [-0.3, -0.25) is 9.59 Å². The molecule has 160 valence electrons. The van der Waals surface area contributed by atoms with Gasteiger partial charge in [-0.05, 0) is 48.2 Å². The molecule has 1 fully saturated rings. The Balaban J connectivity index is 1.81. The van der Waals surface area contributed by atoms with Gasteiger partial charge in [0.05, 0.1) is 13.0 Å². The van der Waals surface area contributed by atoms with Crippen molar-refractivity contribution in [3.8, 4) is 5.75 Å². The summed E-state index contributed by atoms with van der Waals surface area (Å²) >= 11 is 0. The van der Waals surface area contributed by atoms with Crippen LogP contribution in [0.3, 0.4) is 0 Å². The number of likely N-dealkylation sites (tertiary alicyclic amines) is 1. The second-order valence-corrected chi connectivity index (χ2v) is 8.18. The normalized spacial score (nSPS) is 18.5. The molecule has 3 rings (SSSR count). The number of nitrogens with zero attached hydrogens (tertiary/aromatic N) is 1. The van der Waals surface area contributed by atoms with Gasteiger partial charge in [0, 0.05) is 31.1 Å². The Bertz CT molecular complexity index is 900. The molecule has 30 heavy (non-hydrogen) atoms. The Morgan fingerprint density at radius 2 is 1.93 bits per heavy atom. The van der Waals surface area contributed by atoms with Crippen molar-refractivity contribution < 1.29 is 18.7 Å². The lowest BCUT2D eigenvalue weighted by Gasteiger charge is -2.18. The summed E-state index contributed by atoms with van der Waals surface area (Å²) in [6.07, 6.45) is 0.884. The van der Waals surface area contributed by atoms with Crippen molar-refractivity contribution >= 4 is 11.8 Å². The van der Waals surface area contributed by atoms with Gasteiger partial charge < -0.3 is 15.0 Å². The number of methoxy groups -OCH3 is 1. The van der Waals surface area contributed by atoms with E-state index < -0.39 is 5.92 Å². The van der Waals surface area contributed by atoms with E-state index in [1.54, 1.807) is 42.3 Å². The Kier molecular flexibility index (Phi) is 7.08. The highest BCUT2D eigenvalue weighted by atomic mass is 19.1. The molecule has 0 saturated carbocycles. The lowest BCUT2D eigenvalue weighted by molar-refractivity contribution is -0.124. The molecule has 2 atom stereocenters. The van der Waals surface area contributed by atoms with Gasteiger partial charge in [-0.2, -0.15) is 0 Å². The van der Waals surface area contributed by atoms with Gasteiger partial charge >= 0.3 is 0 Å². The largest absolute Gasteiger partial charge is 0.497 e. The summed E-state index contributed by atoms with van der Waals surface area (Å²) in [6, 6.07) is 13.3. The summed E-state index contributed by atoms with van der Waals surface area (Å²) in [5.41, 5.74) is 1.24. The first kappa shape index (κ1) is 21.8. The van der Waals surface area contributed by atoms with E-state index in [0.29, 0.717) is 36.9 Å². The van der Waals surface area contributed by atoms with Crippen molar-refractivity contribution in [3.63, 3.8) is 0 Å². The number of nitrogens with one attached hydrogen (secondary N) is 1. The molecule has 2 aromatic carbocycles. The molecular weight excluding hydrogens is 383 g/mol. The van der Waals surface area contributed by atoms with Crippen molar-refractivity contribution in [2.24, 2.45) is 11.8 Å². The van der Waals surface area contributed by atoms with Crippen molar-refractivity contribution in [1.29, 1.82) is 0 Å². The number of amides is 2. The molecule has 2 unspecified atom stereocenters. The van der Waals surface area contributed by atoms with E-state index in [1.165, 1.54) is 12.1 Å². The molecule has 0 radical (unpaired) electrons. The highest BCUT2D eigenvalue weighted by molar-refractivity contribution is 5.95. The summed E-state index contributed by atoms with van der Waals surface area (Å²) < 4.78 is 19.1. The van der Waals surface area contributed by atoms with Crippen LogP contribution in [-0.2, 0) is 4.79 Å². The summed E-state index contributed by atoms with van der Waals surface area (Å²) in [4.78, 5) is 27.7. The van der Waals surface area contributed by atoms with E-state index in [0.717, 1.165) is 12.0 Å². The smallest absolute Gasteiger partial charge is 0.254 e. The standard InChI is InChI=1S/C24H29FN2O3/c1-16(2)10-11-26-23(28)22-15-27(14-21(22)17-6-4-8-19(25)12-17)24(29)18-7-5-9-20(13-18)30-3/h4-9,12-13,16,21-22H,10-11,14-15H2,1-3H3,(H,26,28). The summed E-state index contributed by atoms with van der Waals surface area (Å²) in [7, 11) is 1.55. The SMILES string of the molecule is COc1cccc(C(=O)N2CC(C(=O)NCCC(C)C)C(c3cccc(F)c3)C2)c1. The van der Waals surface area contributed by atoms with Gasteiger partial charge in [-0.15, -0.1) is 0 Å². The van der Waals surface area contributed by atoms with E-state index in [9.17, 15) is 14.0 Å². The van der Waals surface area contributed by atoms with Crippen molar-refractivity contribution in [1.82, 2.24) is 10.2 Å². The first-order chi connectivity index (χ1) is 14.4. The quantitative estimate of drug-likeness (QED) is 0.752. The fourth-order valence-corrected chi connectivity index (χ4v) is 3.86. The third kappa shape index (κ3) is 5.17. The third-order valence-corrected chi connectivity index (χ3v) is 5.56. The molecule has 1 heterocycles. The number of rotatable bonds is 7. The Morgan fingerprint density at radius 3 is 2.63 bits per heavy atom. The van der Waals surface area contributed by atoms with E-state index in [4.69, 9.17) is 4.74 Å². The number of carbonyl (C=O) groups is 2. The van der Waals surface area contributed by atoms with Gasteiger partial charge in [-0.25, -0.2) is 4.39 Å². The minimum absolute atomic E-state index is 0.0918. The first-order valence-electron chi connectivity index (χ1n) is 10.4. The maximum atomic E-state index is 13.8. The summed E-state index contributed by atoms with van der Waals surface area (Å²) in [5, 5.41) is 3.00. The van der Waals surface area contributed by atoms with Gasteiger partial charge in [-0.1, -0.05) is 32.0 Å². The zero-order valence-corrected chi connectivity index (χ0v) is 17.7. The van der Waals surface area contributed by atoms with Crippen LogP contribution in [0.4, 0.5) is 4.39 Å². The molecule has 1 saturated heterocycles. The highest BCUT2D eigenvalue weighted by Gasteiger charge is 2.40. The Morgan fingerprint density at radius 1 is 1.17 bits per heavy atom. The number of halogens is 1. The third-order valence-electron chi connectivity index (χ3n) is 5.56. The van der Waals surface area contributed by atoms with Gasteiger partial charge in [0.15, 0.2) is 0 Å². The molecule has 1 aliphatic rings. The Hall–Kier alpha value is -2.89. The van der Waals surface area contributed by atoms with Crippen LogP contribution in [0.1, 0.15) is 42.1 Å².